The highest BCUT2D eigenvalue weighted by Gasteiger charge is 2.31. The zero-order chi connectivity index (χ0) is 15.9. The minimum atomic E-state index is -4.44. The van der Waals surface area contributed by atoms with E-state index in [-0.39, 0.29) is 11.3 Å². The van der Waals surface area contributed by atoms with Crippen molar-refractivity contribution >= 4 is 28.3 Å². The van der Waals surface area contributed by atoms with Crippen molar-refractivity contribution in [2.75, 3.05) is 5.75 Å². The van der Waals surface area contributed by atoms with Crippen molar-refractivity contribution in [1.29, 1.82) is 5.26 Å². The van der Waals surface area contributed by atoms with E-state index < -0.39 is 11.7 Å². The summed E-state index contributed by atoms with van der Waals surface area (Å²) in [6, 6.07) is 5.27. The Labute approximate surface area is 126 Å². The van der Waals surface area contributed by atoms with E-state index in [0.29, 0.717) is 22.0 Å². The van der Waals surface area contributed by atoms with E-state index in [1.807, 2.05) is 6.07 Å². The average Bonchev–Trinajstić information content (AvgIpc) is 2.85. The number of alkyl halides is 3. The van der Waals surface area contributed by atoms with Crippen molar-refractivity contribution in [2.45, 2.75) is 18.3 Å². The summed E-state index contributed by atoms with van der Waals surface area (Å²) in [4.78, 5) is 8.44. The molecule has 0 spiro atoms. The van der Waals surface area contributed by atoms with Gasteiger partial charge in [0, 0.05) is 5.39 Å². The van der Waals surface area contributed by atoms with Crippen LogP contribution in [0.1, 0.15) is 11.4 Å². The molecule has 0 saturated heterocycles. The summed E-state index contributed by atoms with van der Waals surface area (Å²) in [7, 11) is 0. The van der Waals surface area contributed by atoms with E-state index in [1.54, 1.807) is 6.92 Å². The van der Waals surface area contributed by atoms with E-state index in [9.17, 15) is 13.2 Å². The molecule has 3 aromatic rings. The highest BCUT2D eigenvalue weighted by atomic mass is 32.2. The first-order valence-electron chi connectivity index (χ1n) is 6.14. The van der Waals surface area contributed by atoms with Crippen LogP contribution in [-0.2, 0) is 6.18 Å². The van der Waals surface area contributed by atoms with Gasteiger partial charge in [-0.15, -0.1) is 5.10 Å². The molecule has 9 heteroatoms. The minimum absolute atomic E-state index is 0.117. The van der Waals surface area contributed by atoms with Crippen LogP contribution in [0.15, 0.2) is 23.4 Å². The number of aromatic nitrogens is 4. The summed E-state index contributed by atoms with van der Waals surface area (Å²) in [5, 5.41) is 13.7. The lowest BCUT2D eigenvalue weighted by Gasteiger charge is -2.09. The molecule has 0 radical (unpaired) electrons. The first-order chi connectivity index (χ1) is 10.4. The van der Waals surface area contributed by atoms with Gasteiger partial charge < -0.3 is 0 Å². The highest BCUT2D eigenvalue weighted by Crippen LogP contribution is 2.32. The third kappa shape index (κ3) is 2.46. The molecule has 5 nitrogen and oxygen atoms in total. The van der Waals surface area contributed by atoms with Gasteiger partial charge in [-0.1, -0.05) is 11.8 Å². The third-order valence-corrected chi connectivity index (χ3v) is 3.74. The topological polar surface area (TPSA) is 66.9 Å². The maximum absolute atomic E-state index is 12.8. The Morgan fingerprint density at radius 1 is 1.32 bits per heavy atom. The lowest BCUT2D eigenvalue weighted by Crippen LogP contribution is -2.05. The van der Waals surface area contributed by atoms with Gasteiger partial charge in [0.25, 0.3) is 0 Å². The highest BCUT2D eigenvalue weighted by molar-refractivity contribution is 7.99. The average molecular weight is 323 g/mol. The number of benzene rings is 1. The van der Waals surface area contributed by atoms with Crippen LogP contribution >= 0.6 is 11.8 Å². The number of halogens is 3. The third-order valence-electron chi connectivity index (χ3n) is 2.94. The van der Waals surface area contributed by atoms with Crippen LogP contribution in [0.5, 0.6) is 0 Å². The van der Waals surface area contributed by atoms with Gasteiger partial charge in [0.1, 0.15) is 5.82 Å². The second-order valence-corrected chi connectivity index (χ2v) is 5.41. The van der Waals surface area contributed by atoms with Crippen molar-refractivity contribution in [3.8, 4) is 6.07 Å². The molecule has 0 unspecified atom stereocenters. The van der Waals surface area contributed by atoms with Crippen molar-refractivity contribution in [3.05, 3.63) is 29.6 Å². The van der Waals surface area contributed by atoms with Crippen molar-refractivity contribution in [2.24, 2.45) is 0 Å². The van der Waals surface area contributed by atoms with E-state index in [0.717, 1.165) is 23.9 Å². The molecule has 2 heterocycles. The molecular weight excluding hydrogens is 315 g/mol. The Kier molecular flexibility index (Phi) is 3.41. The number of nitrogens with zero attached hydrogens (tertiary/aromatic N) is 5. The van der Waals surface area contributed by atoms with Gasteiger partial charge in [0.2, 0.25) is 0 Å². The monoisotopic (exact) mass is 323 g/mol. The Morgan fingerprint density at radius 3 is 2.77 bits per heavy atom. The van der Waals surface area contributed by atoms with Crippen molar-refractivity contribution in [3.63, 3.8) is 0 Å². The molecule has 112 valence electrons. The first kappa shape index (κ1) is 14.6. The second-order valence-electron chi connectivity index (χ2n) is 4.47. The smallest absolute Gasteiger partial charge is 0.222 e. The largest absolute Gasteiger partial charge is 0.416 e. The standard InChI is InChI=1S/C13H8F3N5S/c1-7-18-11-9-3-2-8(13(14,15)16)6-10(9)19-12(21(11)20-7)22-5-4-17/h2-3,6H,5H2,1H3. The fourth-order valence-electron chi connectivity index (χ4n) is 2.05. The van der Waals surface area contributed by atoms with Gasteiger partial charge in [0.05, 0.1) is 22.9 Å². The van der Waals surface area contributed by atoms with Gasteiger partial charge in [-0.3, -0.25) is 0 Å². The Hall–Kier alpha value is -2.34. The summed E-state index contributed by atoms with van der Waals surface area (Å²) < 4.78 is 39.9. The van der Waals surface area contributed by atoms with Crippen molar-refractivity contribution < 1.29 is 13.2 Å². The van der Waals surface area contributed by atoms with Crippen LogP contribution in [0, 0.1) is 18.3 Å². The molecule has 0 aliphatic rings. The molecule has 0 amide bonds. The quantitative estimate of drug-likeness (QED) is 0.535. The fourth-order valence-corrected chi connectivity index (χ4v) is 2.66. The molecule has 1 aromatic carbocycles. The van der Waals surface area contributed by atoms with Crippen LogP contribution in [0.2, 0.25) is 0 Å². The summed E-state index contributed by atoms with van der Waals surface area (Å²) in [5.74, 6) is 0.596. The Bertz CT molecular complexity index is 910. The molecule has 0 aliphatic heterocycles. The summed E-state index contributed by atoms with van der Waals surface area (Å²) in [6.07, 6.45) is -4.44. The van der Waals surface area contributed by atoms with E-state index in [4.69, 9.17) is 5.26 Å². The van der Waals surface area contributed by atoms with Crippen LogP contribution < -0.4 is 0 Å². The normalized spacial score (nSPS) is 12.0. The summed E-state index contributed by atoms with van der Waals surface area (Å²) >= 11 is 1.10. The number of rotatable bonds is 2. The number of hydrogen-bond donors (Lipinski definition) is 0. The molecule has 0 atom stereocenters. The van der Waals surface area contributed by atoms with Crippen LogP contribution in [0.4, 0.5) is 13.2 Å². The lowest BCUT2D eigenvalue weighted by atomic mass is 10.1. The van der Waals surface area contributed by atoms with Crippen LogP contribution in [-0.4, -0.2) is 25.3 Å². The van der Waals surface area contributed by atoms with Gasteiger partial charge >= 0.3 is 6.18 Å². The van der Waals surface area contributed by atoms with Gasteiger partial charge in [-0.05, 0) is 25.1 Å². The van der Waals surface area contributed by atoms with Crippen LogP contribution in [0.25, 0.3) is 16.6 Å². The molecule has 22 heavy (non-hydrogen) atoms. The van der Waals surface area contributed by atoms with E-state index in [1.165, 1.54) is 10.6 Å². The SMILES string of the molecule is Cc1nc2c3ccc(C(F)(F)F)cc3nc(SCC#N)n2n1. The molecule has 0 N–H and O–H groups in total. The zero-order valence-electron chi connectivity index (χ0n) is 11.2. The number of nitriles is 1. The molecule has 0 bridgehead atoms. The molecule has 0 saturated carbocycles. The molecule has 0 aliphatic carbocycles. The number of thioether (sulfide) groups is 1. The molecule has 0 fully saturated rings. The number of aryl methyl sites for hydroxylation is 1. The van der Waals surface area contributed by atoms with Gasteiger partial charge in [-0.2, -0.15) is 22.9 Å². The van der Waals surface area contributed by atoms with Crippen molar-refractivity contribution in [1.82, 2.24) is 19.6 Å². The van der Waals surface area contributed by atoms with E-state index >= 15 is 0 Å². The first-order valence-corrected chi connectivity index (χ1v) is 7.13. The second kappa shape index (κ2) is 5.14. The number of fused-ring (bicyclic) bond motifs is 3. The lowest BCUT2D eigenvalue weighted by molar-refractivity contribution is -0.137. The summed E-state index contributed by atoms with van der Waals surface area (Å²) in [6.45, 7) is 1.68. The molecule has 3 rings (SSSR count). The maximum atomic E-state index is 12.8. The fraction of sp³-hybridized carbons (Fsp3) is 0.231. The molecular formula is C13H8F3N5S. The van der Waals surface area contributed by atoms with Gasteiger partial charge in [-0.25, -0.2) is 9.97 Å². The predicted molar refractivity (Wildman–Crippen MR) is 74.4 cm³/mol. The minimum Gasteiger partial charge on any atom is -0.222 e. The Balaban J connectivity index is 2.30. The van der Waals surface area contributed by atoms with Gasteiger partial charge in [0.15, 0.2) is 10.8 Å². The van der Waals surface area contributed by atoms with E-state index in [2.05, 4.69) is 15.1 Å². The maximum Gasteiger partial charge on any atom is 0.416 e. The number of hydrogen-bond acceptors (Lipinski definition) is 5. The predicted octanol–water partition coefficient (Wildman–Crippen LogP) is 3.22. The Morgan fingerprint density at radius 2 is 2.09 bits per heavy atom. The van der Waals surface area contributed by atoms with Crippen LogP contribution in [0.3, 0.4) is 0 Å². The molecule has 2 aromatic heterocycles. The zero-order valence-corrected chi connectivity index (χ0v) is 12.0. The summed E-state index contributed by atoms with van der Waals surface area (Å²) in [5.41, 5.74) is -0.170.